The first-order chi connectivity index (χ1) is 14.6. The average Bonchev–Trinajstić information content (AvgIpc) is 2.59. The number of rotatable bonds is 4. The van der Waals surface area contributed by atoms with E-state index in [1.165, 1.54) is 36.4 Å². The fraction of sp³-hybridized carbons (Fsp3) is 0.391. The first kappa shape index (κ1) is 25.2. The molecule has 0 aliphatic carbocycles. The highest BCUT2D eigenvalue weighted by molar-refractivity contribution is 7.87. The van der Waals surface area contributed by atoms with Gasteiger partial charge in [-0.15, -0.1) is 0 Å². The van der Waals surface area contributed by atoms with Gasteiger partial charge in [-0.25, -0.2) is 9.59 Å². The van der Waals surface area contributed by atoms with Crippen LogP contribution in [0.25, 0.3) is 0 Å². The molecule has 0 fully saturated rings. The Hall–Kier alpha value is -3.07. The van der Waals surface area contributed by atoms with Crippen molar-refractivity contribution >= 4 is 28.0 Å². The Morgan fingerprint density at radius 3 is 1.78 bits per heavy atom. The van der Waals surface area contributed by atoms with E-state index in [0.717, 1.165) is 5.56 Å². The Labute approximate surface area is 189 Å². The van der Waals surface area contributed by atoms with Crippen LogP contribution in [0.2, 0.25) is 0 Å². The molecule has 8 nitrogen and oxygen atoms in total. The summed E-state index contributed by atoms with van der Waals surface area (Å²) in [6, 6.07) is 11.7. The second kappa shape index (κ2) is 9.20. The van der Waals surface area contributed by atoms with Gasteiger partial charge in [0.15, 0.2) is 0 Å². The fourth-order valence-electron chi connectivity index (χ4n) is 2.45. The third-order valence-corrected chi connectivity index (χ3v) is 5.00. The van der Waals surface area contributed by atoms with Gasteiger partial charge in [0.25, 0.3) is 0 Å². The van der Waals surface area contributed by atoms with Crippen LogP contribution in [0.15, 0.2) is 53.4 Å². The Bertz CT molecular complexity index is 1050. The van der Waals surface area contributed by atoms with Gasteiger partial charge in [-0.05, 0) is 72.7 Å². The first-order valence-electron chi connectivity index (χ1n) is 9.95. The lowest BCUT2D eigenvalue weighted by atomic mass is 10.2. The molecule has 2 rings (SSSR count). The Balaban J connectivity index is 2.40. The van der Waals surface area contributed by atoms with Crippen LogP contribution in [0.5, 0.6) is 5.75 Å². The van der Waals surface area contributed by atoms with Gasteiger partial charge in [-0.2, -0.15) is 13.3 Å². The minimum atomic E-state index is -4.12. The van der Waals surface area contributed by atoms with Gasteiger partial charge in [0, 0.05) is 6.07 Å². The Morgan fingerprint density at radius 2 is 1.31 bits per heavy atom. The SMILES string of the molecule is Cc1ccc(S(=O)(=O)Oc2cccc(N(C(=O)OC(C)(C)C)C(=O)OC(C)(C)C)c2)cc1. The quantitative estimate of drug-likeness (QED) is 0.557. The number of anilines is 1. The Morgan fingerprint density at radius 1 is 0.812 bits per heavy atom. The van der Waals surface area contributed by atoms with E-state index in [1.54, 1.807) is 53.7 Å². The zero-order valence-corrected chi connectivity index (χ0v) is 20.1. The Kier molecular flexibility index (Phi) is 7.24. The largest absolute Gasteiger partial charge is 0.443 e. The van der Waals surface area contributed by atoms with Crippen molar-refractivity contribution in [3.63, 3.8) is 0 Å². The van der Waals surface area contributed by atoms with Gasteiger partial charge in [0.05, 0.1) is 5.69 Å². The van der Waals surface area contributed by atoms with Crippen LogP contribution in [-0.4, -0.2) is 31.8 Å². The van der Waals surface area contributed by atoms with Gasteiger partial charge < -0.3 is 13.7 Å². The van der Waals surface area contributed by atoms with E-state index >= 15 is 0 Å². The molecule has 0 bridgehead atoms. The van der Waals surface area contributed by atoms with Crippen molar-refractivity contribution in [2.24, 2.45) is 0 Å². The summed E-state index contributed by atoms with van der Waals surface area (Å²) in [5, 5.41) is 0. The van der Waals surface area contributed by atoms with E-state index in [4.69, 9.17) is 13.7 Å². The number of hydrogen-bond donors (Lipinski definition) is 0. The lowest BCUT2D eigenvalue weighted by Gasteiger charge is -2.28. The number of hydrogen-bond acceptors (Lipinski definition) is 7. The molecule has 174 valence electrons. The van der Waals surface area contributed by atoms with Gasteiger partial charge in [-0.3, -0.25) is 0 Å². The predicted molar refractivity (Wildman–Crippen MR) is 120 cm³/mol. The summed E-state index contributed by atoms with van der Waals surface area (Å²) in [6.07, 6.45) is -1.93. The molecule has 0 aromatic heterocycles. The summed E-state index contributed by atoms with van der Waals surface area (Å²) >= 11 is 0. The van der Waals surface area contributed by atoms with E-state index < -0.39 is 33.5 Å². The van der Waals surface area contributed by atoms with Crippen molar-refractivity contribution in [3.05, 3.63) is 54.1 Å². The summed E-state index contributed by atoms with van der Waals surface area (Å²) < 4.78 is 41.1. The molecule has 0 heterocycles. The summed E-state index contributed by atoms with van der Waals surface area (Å²) in [6.45, 7) is 11.8. The minimum absolute atomic E-state index is 0.0235. The molecule has 0 aliphatic heterocycles. The topological polar surface area (TPSA) is 99.2 Å². The van der Waals surface area contributed by atoms with Crippen molar-refractivity contribution in [1.29, 1.82) is 0 Å². The molecule has 2 aromatic carbocycles. The van der Waals surface area contributed by atoms with Crippen LogP contribution in [0.3, 0.4) is 0 Å². The molecular formula is C23H29NO7S. The number of benzene rings is 2. The van der Waals surface area contributed by atoms with Crippen molar-refractivity contribution in [2.45, 2.75) is 64.6 Å². The summed E-state index contributed by atoms with van der Waals surface area (Å²) in [5.41, 5.74) is -0.818. The molecule has 0 atom stereocenters. The molecule has 0 spiro atoms. The van der Waals surface area contributed by atoms with Gasteiger partial charge in [-0.1, -0.05) is 23.8 Å². The van der Waals surface area contributed by atoms with Crippen LogP contribution in [0, 0.1) is 6.92 Å². The van der Waals surface area contributed by atoms with E-state index in [-0.39, 0.29) is 16.3 Å². The molecule has 0 saturated heterocycles. The third kappa shape index (κ3) is 7.26. The summed E-state index contributed by atoms with van der Waals surface area (Å²) in [4.78, 5) is 26.2. The standard InChI is InChI=1S/C23H29NO7S/c1-16-11-13-19(14-12-16)32(27,28)31-18-10-8-9-17(15-18)24(20(25)29-22(2,3)4)21(26)30-23(5,6)7/h8-15H,1-7H3. The minimum Gasteiger partial charge on any atom is -0.443 e. The number of carbonyl (C=O) groups is 2. The number of amides is 2. The van der Waals surface area contributed by atoms with Crippen molar-refractivity contribution in [3.8, 4) is 5.75 Å². The van der Waals surface area contributed by atoms with Crippen LogP contribution in [0.1, 0.15) is 47.1 Å². The maximum absolute atomic E-state index is 12.8. The molecular weight excluding hydrogens is 434 g/mol. The second-order valence-corrected chi connectivity index (χ2v) is 10.7. The maximum Gasteiger partial charge on any atom is 0.424 e. The van der Waals surface area contributed by atoms with Crippen LogP contribution in [-0.2, 0) is 19.6 Å². The number of nitrogens with zero attached hydrogens (tertiary/aromatic N) is 1. The van der Waals surface area contributed by atoms with E-state index in [1.807, 2.05) is 6.92 Å². The van der Waals surface area contributed by atoms with Gasteiger partial charge in [0.2, 0.25) is 0 Å². The van der Waals surface area contributed by atoms with E-state index in [2.05, 4.69) is 0 Å². The van der Waals surface area contributed by atoms with Crippen LogP contribution >= 0.6 is 0 Å². The average molecular weight is 464 g/mol. The lowest BCUT2D eigenvalue weighted by Crippen LogP contribution is -2.43. The fourth-order valence-corrected chi connectivity index (χ4v) is 3.38. The predicted octanol–water partition coefficient (Wildman–Crippen LogP) is 5.44. The highest BCUT2D eigenvalue weighted by Gasteiger charge is 2.33. The van der Waals surface area contributed by atoms with Gasteiger partial charge >= 0.3 is 22.3 Å². The normalized spacial score (nSPS) is 12.1. The van der Waals surface area contributed by atoms with Crippen LogP contribution < -0.4 is 9.08 Å². The number of imide groups is 1. The zero-order valence-electron chi connectivity index (χ0n) is 19.3. The molecule has 32 heavy (non-hydrogen) atoms. The number of aryl methyl sites for hydroxylation is 1. The number of carbonyl (C=O) groups excluding carboxylic acids is 2. The van der Waals surface area contributed by atoms with Crippen molar-refractivity contribution in [2.75, 3.05) is 4.90 Å². The maximum atomic E-state index is 12.8. The monoisotopic (exact) mass is 463 g/mol. The second-order valence-electron chi connectivity index (χ2n) is 9.14. The molecule has 0 aliphatic rings. The highest BCUT2D eigenvalue weighted by atomic mass is 32.2. The molecule has 0 saturated carbocycles. The molecule has 0 radical (unpaired) electrons. The van der Waals surface area contributed by atoms with Crippen LogP contribution in [0.4, 0.5) is 15.3 Å². The third-order valence-electron chi connectivity index (χ3n) is 3.74. The first-order valence-corrected chi connectivity index (χ1v) is 11.4. The smallest absolute Gasteiger partial charge is 0.424 e. The summed E-state index contributed by atoms with van der Waals surface area (Å²) in [7, 11) is -4.12. The van der Waals surface area contributed by atoms with Crippen molar-refractivity contribution < 1.29 is 31.7 Å². The molecule has 2 aromatic rings. The number of ether oxygens (including phenoxy) is 2. The molecule has 2 amide bonds. The highest BCUT2D eigenvalue weighted by Crippen LogP contribution is 2.27. The van der Waals surface area contributed by atoms with Crippen molar-refractivity contribution in [1.82, 2.24) is 0 Å². The van der Waals surface area contributed by atoms with E-state index in [9.17, 15) is 18.0 Å². The van der Waals surface area contributed by atoms with Gasteiger partial charge in [0.1, 0.15) is 21.8 Å². The molecule has 0 unspecified atom stereocenters. The molecule has 9 heteroatoms. The zero-order chi connectivity index (χ0) is 24.3. The van der Waals surface area contributed by atoms with E-state index in [0.29, 0.717) is 4.90 Å². The summed E-state index contributed by atoms with van der Waals surface area (Å²) in [5.74, 6) is -0.0832. The lowest BCUT2D eigenvalue weighted by molar-refractivity contribution is 0.0430. The molecule has 0 N–H and O–H groups in total.